The zero-order valence-electron chi connectivity index (χ0n) is 14.0. The second kappa shape index (κ2) is 6.49. The van der Waals surface area contributed by atoms with Crippen molar-refractivity contribution in [2.75, 3.05) is 13.1 Å². The first-order valence-electron chi connectivity index (χ1n) is 7.83. The Morgan fingerprint density at radius 1 is 1.40 bits per heavy atom. The van der Waals surface area contributed by atoms with E-state index in [1.165, 1.54) is 21.1 Å². The first kappa shape index (κ1) is 17.4. The summed E-state index contributed by atoms with van der Waals surface area (Å²) in [5.74, 6) is -0.0518. The number of nitrogens with two attached hydrogens (primary N) is 1. The number of nitrogens with zero attached hydrogens (tertiary/aromatic N) is 3. The lowest BCUT2D eigenvalue weighted by Crippen LogP contribution is -2.30. The summed E-state index contributed by atoms with van der Waals surface area (Å²) in [6.45, 7) is 2.48. The minimum atomic E-state index is -3.70. The van der Waals surface area contributed by atoms with E-state index in [-0.39, 0.29) is 23.2 Å². The Labute approximate surface area is 146 Å². The van der Waals surface area contributed by atoms with Gasteiger partial charge in [0.25, 0.3) is 5.91 Å². The van der Waals surface area contributed by atoms with E-state index in [1.54, 1.807) is 13.2 Å². The van der Waals surface area contributed by atoms with Gasteiger partial charge in [-0.3, -0.25) is 9.78 Å². The fourth-order valence-electron chi connectivity index (χ4n) is 2.80. The van der Waals surface area contributed by atoms with Crippen LogP contribution in [0.25, 0.3) is 0 Å². The van der Waals surface area contributed by atoms with Crippen LogP contribution in [0.2, 0.25) is 0 Å². The number of pyridine rings is 1. The van der Waals surface area contributed by atoms with Gasteiger partial charge in [-0.05, 0) is 31.5 Å². The smallest absolute Gasteiger partial charge is 0.265 e. The second-order valence-corrected chi connectivity index (χ2v) is 8.00. The highest BCUT2D eigenvalue weighted by atomic mass is 32.2. The molecule has 1 unspecified atom stereocenters. The average molecular weight is 364 g/mol. The SMILES string of the molecule is Cc1ccc(OC2CCN(S(=O)(=O)c3cc(C(N)=O)n(C)c3)C2)cn1. The summed E-state index contributed by atoms with van der Waals surface area (Å²) < 4.78 is 34.1. The fraction of sp³-hybridized carbons (Fsp3) is 0.375. The molecule has 1 saturated heterocycles. The Morgan fingerprint density at radius 2 is 2.16 bits per heavy atom. The molecule has 134 valence electrons. The molecule has 0 radical (unpaired) electrons. The minimum absolute atomic E-state index is 0.0569. The zero-order chi connectivity index (χ0) is 18.2. The zero-order valence-corrected chi connectivity index (χ0v) is 14.9. The molecule has 1 amide bonds. The molecule has 3 heterocycles. The summed E-state index contributed by atoms with van der Waals surface area (Å²) in [6, 6.07) is 4.96. The van der Waals surface area contributed by atoms with Crippen molar-refractivity contribution in [2.24, 2.45) is 12.8 Å². The van der Waals surface area contributed by atoms with Gasteiger partial charge in [0.2, 0.25) is 10.0 Å². The summed E-state index contributed by atoms with van der Waals surface area (Å²) in [5.41, 5.74) is 6.28. The molecule has 0 spiro atoms. The van der Waals surface area contributed by atoms with Crippen LogP contribution in [0.15, 0.2) is 35.5 Å². The van der Waals surface area contributed by atoms with Gasteiger partial charge < -0.3 is 15.0 Å². The van der Waals surface area contributed by atoms with Gasteiger partial charge in [-0.15, -0.1) is 0 Å². The molecule has 1 atom stereocenters. The fourth-order valence-corrected chi connectivity index (χ4v) is 4.36. The lowest BCUT2D eigenvalue weighted by Gasteiger charge is -2.16. The van der Waals surface area contributed by atoms with E-state index in [9.17, 15) is 13.2 Å². The molecular weight excluding hydrogens is 344 g/mol. The number of carbonyl (C=O) groups excluding carboxylic acids is 1. The van der Waals surface area contributed by atoms with Crippen LogP contribution in [0.1, 0.15) is 22.6 Å². The summed E-state index contributed by atoms with van der Waals surface area (Å²) in [4.78, 5) is 15.5. The predicted octanol–water partition coefficient (Wildman–Crippen LogP) is 0.669. The van der Waals surface area contributed by atoms with Crippen LogP contribution in [-0.2, 0) is 17.1 Å². The van der Waals surface area contributed by atoms with E-state index < -0.39 is 15.9 Å². The molecule has 2 aromatic rings. The largest absolute Gasteiger partial charge is 0.487 e. The number of primary amides is 1. The van der Waals surface area contributed by atoms with E-state index in [2.05, 4.69) is 4.98 Å². The molecule has 0 saturated carbocycles. The maximum atomic E-state index is 12.8. The summed E-state index contributed by atoms with van der Waals surface area (Å²) in [7, 11) is -2.11. The molecule has 1 aliphatic heterocycles. The van der Waals surface area contributed by atoms with Crippen LogP contribution in [0.3, 0.4) is 0 Å². The third-order valence-electron chi connectivity index (χ3n) is 4.16. The molecule has 2 N–H and O–H groups in total. The molecule has 0 aliphatic carbocycles. The minimum Gasteiger partial charge on any atom is -0.487 e. The third-order valence-corrected chi connectivity index (χ3v) is 6.00. The molecule has 2 aromatic heterocycles. The van der Waals surface area contributed by atoms with Crippen molar-refractivity contribution in [1.29, 1.82) is 0 Å². The van der Waals surface area contributed by atoms with Gasteiger partial charge in [-0.1, -0.05) is 0 Å². The Hall–Kier alpha value is -2.39. The maximum absolute atomic E-state index is 12.8. The van der Waals surface area contributed by atoms with Gasteiger partial charge in [0.05, 0.1) is 12.7 Å². The van der Waals surface area contributed by atoms with Crippen molar-refractivity contribution in [3.63, 3.8) is 0 Å². The van der Waals surface area contributed by atoms with Gasteiger partial charge in [0, 0.05) is 25.5 Å². The standard InChI is InChI=1S/C16H20N4O4S/c1-11-3-4-12(8-18-11)24-13-5-6-20(9-13)25(22,23)14-7-15(16(17)21)19(2)10-14/h3-4,7-8,10,13H,5-6,9H2,1-2H3,(H2,17,21). The summed E-state index contributed by atoms with van der Waals surface area (Å²) in [5, 5.41) is 0. The Balaban J connectivity index is 1.73. The number of rotatable bonds is 5. The van der Waals surface area contributed by atoms with Gasteiger partial charge in [0.1, 0.15) is 22.4 Å². The third kappa shape index (κ3) is 3.52. The number of ether oxygens (including phenoxy) is 1. The van der Waals surface area contributed by atoms with E-state index in [0.29, 0.717) is 18.7 Å². The van der Waals surface area contributed by atoms with Crippen LogP contribution in [0.5, 0.6) is 5.75 Å². The molecule has 1 aliphatic rings. The van der Waals surface area contributed by atoms with Gasteiger partial charge in [-0.25, -0.2) is 8.42 Å². The first-order valence-corrected chi connectivity index (χ1v) is 9.27. The van der Waals surface area contributed by atoms with Gasteiger partial charge >= 0.3 is 0 Å². The maximum Gasteiger partial charge on any atom is 0.265 e. The molecule has 0 bridgehead atoms. The number of hydrogen-bond acceptors (Lipinski definition) is 5. The van der Waals surface area contributed by atoms with E-state index >= 15 is 0 Å². The molecule has 9 heteroatoms. The normalized spacial score (nSPS) is 18.4. The van der Waals surface area contributed by atoms with Crippen molar-refractivity contribution in [3.8, 4) is 5.75 Å². The number of aromatic nitrogens is 2. The highest BCUT2D eigenvalue weighted by molar-refractivity contribution is 7.89. The molecular formula is C16H20N4O4S. The Morgan fingerprint density at radius 3 is 2.76 bits per heavy atom. The van der Waals surface area contributed by atoms with Crippen LogP contribution >= 0.6 is 0 Å². The van der Waals surface area contributed by atoms with E-state index in [1.807, 2.05) is 19.1 Å². The molecule has 3 rings (SSSR count). The highest BCUT2D eigenvalue weighted by Crippen LogP contribution is 2.25. The van der Waals surface area contributed by atoms with Crippen molar-refractivity contribution < 1.29 is 17.9 Å². The highest BCUT2D eigenvalue weighted by Gasteiger charge is 2.34. The second-order valence-electron chi connectivity index (χ2n) is 6.06. The number of carbonyl (C=O) groups is 1. The van der Waals surface area contributed by atoms with Gasteiger partial charge in [0.15, 0.2) is 0 Å². The van der Waals surface area contributed by atoms with Crippen molar-refractivity contribution in [1.82, 2.24) is 13.9 Å². The molecule has 25 heavy (non-hydrogen) atoms. The number of aryl methyl sites for hydroxylation is 2. The molecule has 0 aromatic carbocycles. The summed E-state index contributed by atoms with van der Waals surface area (Å²) in [6.07, 6.45) is 3.37. The van der Waals surface area contributed by atoms with Gasteiger partial charge in [-0.2, -0.15) is 4.31 Å². The number of hydrogen-bond donors (Lipinski definition) is 1. The monoisotopic (exact) mass is 364 g/mol. The van der Waals surface area contributed by atoms with E-state index in [0.717, 1.165) is 5.69 Å². The van der Waals surface area contributed by atoms with Crippen molar-refractivity contribution in [2.45, 2.75) is 24.3 Å². The van der Waals surface area contributed by atoms with Crippen LogP contribution in [-0.4, -0.2) is 47.4 Å². The lowest BCUT2D eigenvalue weighted by atomic mass is 10.3. The number of amides is 1. The Bertz CT molecular complexity index is 889. The topological polar surface area (TPSA) is 108 Å². The molecule has 1 fully saturated rings. The van der Waals surface area contributed by atoms with Crippen molar-refractivity contribution >= 4 is 15.9 Å². The number of sulfonamides is 1. The Kier molecular flexibility index (Phi) is 4.53. The van der Waals surface area contributed by atoms with E-state index in [4.69, 9.17) is 10.5 Å². The van der Waals surface area contributed by atoms with Crippen LogP contribution in [0, 0.1) is 6.92 Å². The van der Waals surface area contributed by atoms with Crippen molar-refractivity contribution in [3.05, 3.63) is 42.0 Å². The van der Waals surface area contributed by atoms with Crippen LogP contribution in [0.4, 0.5) is 0 Å². The average Bonchev–Trinajstić information content (AvgIpc) is 3.17. The first-order chi connectivity index (χ1) is 11.8. The molecule has 8 nitrogen and oxygen atoms in total. The van der Waals surface area contributed by atoms with Crippen LogP contribution < -0.4 is 10.5 Å². The quantitative estimate of drug-likeness (QED) is 0.839. The lowest BCUT2D eigenvalue weighted by molar-refractivity contribution is 0.0992. The summed E-state index contributed by atoms with van der Waals surface area (Å²) >= 11 is 0. The predicted molar refractivity (Wildman–Crippen MR) is 90.7 cm³/mol.